The van der Waals surface area contributed by atoms with E-state index < -0.39 is 29.0 Å². The van der Waals surface area contributed by atoms with Crippen LogP contribution < -0.4 is 5.32 Å². The van der Waals surface area contributed by atoms with Gasteiger partial charge in [0.25, 0.3) is 5.91 Å². The lowest BCUT2D eigenvalue weighted by Crippen LogP contribution is -2.09. The predicted octanol–water partition coefficient (Wildman–Crippen LogP) is 5.12. The molecule has 0 spiro atoms. The summed E-state index contributed by atoms with van der Waals surface area (Å²) in [5, 5.41) is 2.57. The van der Waals surface area contributed by atoms with Crippen molar-refractivity contribution in [2.45, 2.75) is 12.6 Å². The third kappa shape index (κ3) is 3.39. The predicted molar refractivity (Wildman–Crippen MR) is 88.8 cm³/mol. The number of anilines is 1. The van der Waals surface area contributed by atoms with Gasteiger partial charge < -0.3 is 5.32 Å². The fourth-order valence-corrected chi connectivity index (χ4v) is 2.94. The lowest BCUT2D eigenvalue weighted by Gasteiger charge is -2.11. The van der Waals surface area contributed by atoms with E-state index in [-0.39, 0.29) is 5.57 Å². The Labute approximate surface area is 146 Å². The van der Waals surface area contributed by atoms with E-state index >= 15 is 0 Å². The van der Waals surface area contributed by atoms with Gasteiger partial charge in [-0.1, -0.05) is 12.1 Å². The number of halogens is 5. The number of hydrogen-bond acceptors (Lipinski definition) is 1. The summed E-state index contributed by atoms with van der Waals surface area (Å²) in [7, 11) is 0. The third-order valence-corrected chi connectivity index (χ3v) is 4.09. The Morgan fingerprint density at radius 1 is 1.16 bits per heavy atom. The molecular formula is C18H12ClF4NO. The number of alkyl halides is 4. The van der Waals surface area contributed by atoms with Gasteiger partial charge in [0.05, 0.1) is 5.56 Å². The molecule has 2 nitrogen and oxygen atoms in total. The van der Waals surface area contributed by atoms with Crippen molar-refractivity contribution in [3.63, 3.8) is 0 Å². The summed E-state index contributed by atoms with van der Waals surface area (Å²) in [5.74, 6) is -1.25. The Morgan fingerprint density at radius 2 is 1.92 bits per heavy atom. The zero-order valence-electron chi connectivity index (χ0n) is 12.8. The van der Waals surface area contributed by atoms with Crippen molar-refractivity contribution >= 4 is 34.8 Å². The molecule has 130 valence electrons. The monoisotopic (exact) mass is 369 g/mol. The maximum atomic E-state index is 14.0. The molecule has 0 saturated heterocycles. The molecule has 0 fully saturated rings. The van der Waals surface area contributed by atoms with Crippen molar-refractivity contribution in [3.05, 3.63) is 64.5 Å². The van der Waals surface area contributed by atoms with Crippen LogP contribution in [0.4, 0.5) is 23.2 Å². The average Bonchev–Trinajstić information content (AvgIpc) is 2.84. The molecule has 25 heavy (non-hydrogen) atoms. The number of carbonyl (C=O) groups is 1. The van der Waals surface area contributed by atoms with Gasteiger partial charge >= 0.3 is 6.18 Å². The van der Waals surface area contributed by atoms with Gasteiger partial charge in [0, 0.05) is 28.3 Å². The molecule has 1 amide bonds. The summed E-state index contributed by atoms with van der Waals surface area (Å²) in [6.07, 6.45) is -3.24. The molecule has 2 aromatic rings. The number of rotatable bonds is 3. The van der Waals surface area contributed by atoms with Gasteiger partial charge in [-0.25, -0.2) is 4.39 Å². The summed E-state index contributed by atoms with van der Waals surface area (Å²) in [6, 6.07) is 7.81. The molecular weight excluding hydrogens is 358 g/mol. The van der Waals surface area contributed by atoms with Crippen LogP contribution in [0, 0.1) is 5.82 Å². The highest BCUT2D eigenvalue weighted by molar-refractivity contribution is 6.35. The molecule has 7 heteroatoms. The van der Waals surface area contributed by atoms with Gasteiger partial charge in [-0.2, -0.15) is 13.2 Å². The molecule has 0 aromatic heterocycles. The van der Waals surface area contributed by atoms with Crippen LogP contribution in [0.1, 0.15) is 22.3 Å². The van der Waals surface area contributed by atoms with Gasteiger partial charge in [-0.15, -0.1) is 11.6 Å². The van der Waals surface area contributed by atoms with Crippen molar-refractivity contribution in [1.82, 2.24) is 0 Å². The Hall–Kier alpha value is -2.34. The highest BCUT2D eigenvalue weighted by atomic mass is 35.5. The van der Waals surface area contributed by atoms with Crippen molar-refractivity contribution in [2.75, 3.05) is 11.2 Å². The number of hydrogen-bond donors (Lipinski definition) is 1. The SMILES string of the molecule is O=C1Nc2ccc(CCCl)cc2C1=Cc1c(F)cccc1C(F)(F)F. The van der Waals surface area contributed by atoms with Crippen molar-refractivity contribution in [1.29, 1.82) is 0 Å². The topological polar surface area (TPSA) is 29.1 Å². The van der Waals surface area contributed by atoms with E-state index in [0.29, 0.717) is 23.6 Å². The van der Waals surface area contributed by atoms with Crippen LogP contribution in [-0.4, -0.2) is 11.8 Å². The van der Waals surface area contributed by atoms with E-state index in [9.17, 15) is 22.4 Å². The second-order valence-electron chi connectivity index (χ2n) is 5.53. The van der Waals surface area contributed by atoms with Crippen LogP contribution in [0.25, 0.3) is 11.6 Å². The number of carbonyl (C=O) groups excluding carboxylic acids is 1. The van der Waals surface area contributed by atoms with Gasteiger partial charge in [0.15, 0.2) is 0 Å². The molecule has 1 N–H and O–H groups in total. The minimum atomic E-state index is -4.73. The van der Waals surface area contributed by atoms with Crippen molar-refractivity contribution in [2.24, 2.45) is 0 Å². The second kappa shape index (κ2) is 6.52. The lowest BCUT2D eigenvalue weighted by molar-refractivity contribution is -0.137. The average molecular weight is 370 g/mol. The maximum absolute atomic E-state index is 14.0. The molecule has 2 aromatic carbocycles. The zero-order chi connectivity index (χ0) is 18.2. The number of amides is 1. The first-order valence-electron chi connectivity index (χ1n) is 7.39. The van der Waals surface area contributed by atoms with Crippen LogP contribution in [0.3, 0.4) is 0 Å². The lowest BCUT2D eigenvalue weighted by atomic mass is 9.98. The third-order valence-electron chi connectivity index (χ3n) is 3.90. The van der Waals surface area contributed by atoms with E-state index in [1.54, 1.807) is 18.2 Å². The minimum Gasteiger partial charge on any atom is -0.321 e. The Morgan fingerprint density at radius 3 is 2.60 bits per heavy atom. The Balaban J connectivity index is 2.16. The summed E-state index contributed by atoms with van der Waals surface area (Å²) >= 11 is 5.70. The molecule has 0 saturated carbocycles. The normalized spacial score (nSPS) is 15.4. The first-order valence-corrected chi connectivity index (χ1v) is 7.92. The fraction of sp³-hybridized carbons (Fsp3) is 0.167. The van der Waals surface area contributed by atoms with Crippen molar-refractivity contribution in [3.8, 4) is 0 Å². The number of benzene rings is 2. The number of aryl methyl sites for hydroxylation is 1. The van der Waals surface area contributed by atoms with Crippen LogP contribution in [0.15, 0.2) is 36.4 Å². The maximum Gasteiger partial charge on any atom is 0.417 e. The van der Waals surface area contributed by atoms with Crippen LogP contribution in [-0.2, 0) is 17.4 Å². The van der Waals surface area contributed by atoms with Crippen LogP contribution in [0.2, 0.25) is 0 Å². The Kier molecular flexibility index (Phi) is 4.56. The van der Waals surface area contributed by atoms with E-state index in [2.05, 4.69) is 5.32 Å². The molecule has 0 radical (unpaired) electrons. The van der Waals surface area contributed by atoms with Crippen LogP contribution >= 0.6 is 11.6 Å². The molecule has 3 rings (SSSR count). The molecule has 1 aliphatic rings. The molecule has 1 heterocycles. The Bertz CT molecular complexity index is 874. The van der Waals surface area contributed by atoms with E-state index in [1.165, 1.54) is 0 Å². The van der Waals surface area contributed by atoms with Gasteiger partial charge in [-0.3, -0.25) is 4.79 Å². The summed E-state index contributed by atoms with van der Waals surface area (Å²) in [5.41, 5.74) is -0.0554. The molecule has 0 aliphatic carbocycles. The van der Waals surface area contributed by atoms with Gasteiger partial charge in [0.2, 0.25) is 0 Å². The standard InChI is InChI=1S/C18H12ClF4NO/c19-7-6-10-4-5-16-11(8-10)12(17(25)24-16)9-13-14(18(21,22)23)2-1-3-15(13)20/h1-5,8-9H,6-7H2,(H,24,25). The fourth-order valence-electron chi connectivity index (χ4n) is 2.72. The van der Waals surface area contributed by atoms with Crippen LogP contribution in [0.5, 0.6) is 0 Å². The molecule has 0 unspecified atom stereocenters. The molecule has 0 atom stereocenters. The largest absolute Gasteiger partial charge is 0.417 e. The van der Waals surface area contributed by atoms with Gasteiger partial charge in [0.1, 0.15) is 5.82 Å². The highest BCUT2D eigenvalue weighted by Crippen LogP contribution is 2.38. The van der Waals surface area contributed by atoms with E-state index in [1.807, 2.05) is 0 Å². The highest BCUT2D eigenvalue weighted by Gasteiger charge is 2.35. The molecule has 1 aliphatic heterocycles. The second-order valence-corrected chi connectivity index (χ2v) is 5.91. The van der Waals surface area contributed by atoms with Gasteiger partial charge in [-0.05, 0) is 42.3 Å². The minimum absolute atomic E-state index is 0.0120. The summed E-state index contributed by atoms with van der Waals surface area (Å²) < 4.78 is 53.5. The summed E-state index contributed by atoms with van der Waals surface area (Å²) in [6.45, 7) is 0. The number of fused-ring (bicyclic) bond motifs is 1. The van der Waals surface area contributed by atoms with E-state index in [4.69, 9.17) is 11.6 Å². The quantitative estimate of drug-likeness (QED) is 0.454. The first-order chi connectivity index (χ1) is 11.8. The number of nitrogens with one attached hydrogen (secondary N) is 1. The first kappa shape index (κ1) is 17.5. The van der Waals surface area contributed by atoms with E-state index in [0.717, 1.165) is 29.8 Å². The summed E-state index contributed by atoms with van der Waals surface area (Å²) in [4.78, 5) is 12.2. The molecule has 0 bridgehead atoms. The van der Waals surface area contributed by atoms with Crippen molar-refractivity contribution < 1.29 is 22.4 Å². The smallest absolute Gasteiger partial charge is 0.321 e. The zero-order valence-corrected chi connectivity index (χ0v) is 13.5.